The first kappa shape index (κ1) is 18.2. The van der Waals surface area contributed by atoms with Gasteiger partial charge in [0.25, 0.3) is 0 Å². The zero-order valence-electron chi connectivity index (χ0n) is 14.2. The molecule has 0 aromatic carbocycles. The molecule has 0 unspecified atom stereocenters. The summed E-state index contributed by atoms with van der Waals surface area (Å²) in [4.78, 5) is 26.3. The molecule has 0 radical (unpaired) electrons. The predicted molar refractivity (Wildman–Crippen MR) is 87.0 cm³/mol. The molecule has 6 nitrogen and oxygen atoms in total. The number of nitrogens with zero attached hydrogens (tertiary/aromatic N) is 1. The van der Waals surface area contributed by atoms with E-state index in [9.17, 15) is 9.59 Å². The minimum atomic E-state index is -0.173. The average Bonchev–Trinajstić information content (AvgIpc) is 2.61. The van der Waals surface area contributed by atoms with Crippen LogP contribution in [0.4, 0.5) is 0 Å². The van der Waals surface area contributed by atoms with Crippen LogP contribution in [0.1, 0.15) is 38.5 Å². The van der Waals surface area contributed by atoms with Gasteiger partial charge in [-0.1, -0.05) is 6.42 Å². The van der Waals surface area contributed by atoms with E-state index in [1.807, 2.05) is 0 Å². The Bertz CT molecular complexity index is 383. The summed E-state index contributed by atoms with van der Waals surface area (Å²) in [6.07, 6.45) is 5.37. The van der Waals surface area contributed by atoms with E-state index >= 15 is 0 Å². The number of morpholine rings is 1. The van der Waals surface area contributed by atoms with E-state index in [4.69, 9.17) is 9.47 Å². The molecule has 1 saturated carbocycles. The van der Waals surface area contributed by atoms with Crippen LogP contribution in [0.3, 0.4) is 0 Å². The Morgan fingerprint density at radius 1 is 1.17 bits per heavy atom. The van der Waals surface area contributed by atoms with E-state index < -0.39 is 0 Å². The van der Waals surface area contributed by atoms with Crippen LogP contribution in [0, 0.1) is 11.8 Å². The van der Waals surface area contributed by atoms with E-state index in [-0.39, 0.29) is 23.7 Å². The normalized spacial score (nSPS) is 25.8. The van der Waals surface area contributed by atoms with Gasteiger partial charge >= 0.3 is 5.97 Å². The lowest BCUT2D eigenvalue weighted by Crippen LogP contribution is -2.38. The highest BCUT2D eigenvalue weighted by Gasteiger charge is 2.31. The fraction of sp³-hybridized carbons (Fsp3) is 0.882. The van der Waals surface area contributed by atoms with Crippen LogP contribution in [0.5, 0.6) is 0 Å². The van der Waals surface area contributed by atoms with E-state index in [0.717, 1.165) is 71.5 Å². The van der Waals surface area contributed by atoms with Crippen molar-refractivity contribution in [3.05, 3.63) is 0 Å². The summed E-state index contributed by atoms with van der Waals surface area (Å²) in [5.41, 5.74) is 0. The first-order chi connectivity index (χ1) is 11.2. The second kappa shape index (κ2) is 9.88. The predicted octanol–water partition coefficient (Wildman–Crippen LogP) is 1.19. The van der Waals surface area contributed by atoms with Crippen LogP contribution in [-0.2, 0) is 19.1 Å². The molecule has 1 aliphatic heterocycles. The largest absolute Gasteiger partial charge is 0.469 e. The molecular weight excluding hydrogens is 296 g/mol. The van der Waals surface area contributed by atoms with Crippen molar-refractivity contribution in [3.63, 3.8) is 0 Å². The van der Waals surface area contributed by atoms with E-state index in [1.165, 1.54) is 7.11 Å². The fourth-order valence-electron chi connectivity index (χ4n) is 3.45. The van der Waals surface area contributed by atoms with Gasteiger partial charge in [-0.25, -0.2) is 0 Å². The van der Waals surface area contributed by atoms with Gasteiger partial charge in [-0.2, -0.15) is 0 Å². The van der Waals surface area contributed by atoms with Gasteiger partial charge in [0.15, 0.2) is 0 Å². The molecule has 2 rings (SSSR count). The number of esters is 1. The summed E-state index contributed by atoms with van der Waals surface area (Å²) >= 11 is 0. The third-order valence-electron chi connectivity index (χ3n) is 4.88. The van der Waals surface area contributed by atoms with Gasteiger partial charge in [0.1, 0.15) is 0 Å². The molecule has 1 heterocycles. The van der Waals surface area contributed by atoms with Crippen LogP contribution in [0.2, 0.25) is 0 Å². The smallest absolute Gasteiger partial charge is 0.308 e. The quantitative estimate of drug-likeness (QED) is 0.562. The molecule has 0 aromatic rings. The number of methoxy groups -OCH3 is 1. The Morgan fingerprint density at radius 3 is 2.65 bits per heavy atom. The Kier molecular flexibility index (Phi) is 7.82. The molecule has 0 bridgehead atoms. The summed E-state index contributed by atoms with van der Waals surface area (Å²) in [5, 5.41) is 3.03. The summed E-state index contributed by atoms with van der Waals surface area (Å²) < 4.78 is 10.1. The maximum atomic E-state index is 12.2. The number of nitrogens with one attached hydrogen (secondary N) is 1. The molecule has 0 spiro atoms. The fourth-order valence-corrected chi connectivity index (χ4v) is 3.45. The molecule has 1 aliphatic carbocycles. The number of unbranched alkanes of at least 4 members (excludes halogenated alkanes) is 1. The highest BCUT2D eigenvalue weighted by molar-refractivity contribution is 5.80. The first-order valence-corrected chi connectivity index (χ1v) is 8.86. The third-order valence-corrected chi connectivity index (χ3v) is 4.88. The van der Waals surface area contributed by atoms with E-state index in [1.54, 1.807) is 0 Å². The van der Waals surface area contributed by atoms with Gasteiger partial charge in [-0.3, -0.25) is 14.5 Å². The van der Waals surface area contributed by atoms with E-state index in [2.05, 4.69) is 10.2 Å². The van der Waals surface area contributed by atoms with Crippen LogP contribution in [-0.4, -0.2) is 63.3 Å². The van der Waals surface area contributed by atoms with Crippen LogP contribution < -0.4 is 5.32 Å². The number of carbonyl (C=O) groups is 2. The maximum absolute atomic E-state index is 12.2. The highest BCUT2D eigenvalue weighted by atomic mass is 16.5. The molecule has 0 aromatic heterocycles. The van der Waals surface area contributed by atoms with Gasteiger partial charge < -0.3 is 14.8 Å². The number of ether oxygens (including phenoxy) is 2. The van der Waals surface area contributed by atoms with Crippen LogP contribution >= 0.6 is 0 Å². The summed E-state index contributed by atoms with van der Waals surface area (Å²) in [7, 11) is 1.42. The van der Waals surface area contributed by atoms with Crippen molar-refractivity contribution in [2.75, 3.05) is 46.5 Å². The van der Waals surface area contributed by atoms with Gasteiger partial charge in [0.2, 0.25) is 5.91 Å². The molecular formula is C17H30N2O4. The lowest BCUT2D eigenvalue weighted by atomic mass is 9.81. The molecule has 1 saturated heterocycles. The number of rotatable bonds is 7. The summed E-state index contributed by atoms with van der Waals surface area (Å²) in [6.45, 7) is 5.50. The Morgan fingerprint density at radius 2 is 1.91 bits per heavy atom. The van der Waals surface area contributed by atoms with Crippen molar-refractivity contribution in [1.29, 1.82) is 0 Å². The molecule has 132 valence electrons. The Labute approximate surface area is 138 Å². The van der Waals surface area contributed by atoms with Gasteiger partial charge in [-0.05, 0) is 38.6 Å². The SMILES string of the molecule is COC(=O)[C@@H]1CCC[C@H](C(=O)NCCCCN2CCOCC2)C1. The zero-order valence-corrected chi connectivity index (χ0v) is 14.2. The highest BCUT2D eigenvalue weighted by Crippen LogP contribution is 2.29. The summed E-state index contributed by atoms with van der Waals surface area (Å²) in [5.74, 6) is -0.212. The minimum Gasteiger partial charge on any atom is -0.469 e. The number of amides is 1. The maximum Gasteiger partial charge on any atom is 0.308 e. The summed E-state index contributed by atoms with van der Waals surface area (Å²) in [6, 6.07) is 0. The van der Waals surface area contributed by atoms with E-state index in [0.29, 0.717) is 6.42 Å². The van der Waals surface area contributed by atoms with Crippen molar-refractivity contribution in [1.82, 2.24) is 10.2 Å². The Balaban J connectivity index is 1.57. The molecule has 2 aliphatic rings. The lowest BCUT2D eigenvalue weighted by Gasteiger charge is -2.27. The second-order valence-electron chi connectivity index (χ2n) is 6.54. The van der Waals surface area contributed by atoms with Crippen molar-refractivity contribution in [3.8, 4) is 0 Å². The van der Waals surface area contributed by atoms with Crippen LogP contribution in [0.25, 0.3) is 0 Å². The topological polar surface area (TPSA) is 67.9 Å². The molecule has 6 heteroatoms. The molecule has 1 amide bonds. The first-order valence-electron chi connectivity index (χ1n) is 8.86. The third kappa shape index (κ3) is 6.11. The van der Waals surface area contributed by atoms with Gasteiger partial charge in [-0.15, -0.1) is 0 Å². The lowest BCUT2D eigenvalue weighted by molar-refractivity contribution is -0.147. The molecule has 23 heavy (non-hydrogen) atoms. The Hall–Kier alpha value is -1.14. The molecule has 1 N–H and O–H groups in total. The van der Waals surface area contributed by atoms with Crippen molar-refractivity contribution < 1.29 is 19.1 Å². The number of carbonyl (C=O) groups excluding carboxylic acids is 2. The minimum absolute atomic E-state index is 0.0351. The average molecular weight is 326 g/mol. The standard InChI is InChI=1S/C17H30N2O4/c1-22-17(21)15-6-4-5-14(13-15)16(20)18-7-2-3-8-19-9-11-23-12-10-19/h14-15H,2-13H2,1H3,(H,18,20)/t14-,15+/m0/s1. The van der Waals surface area contributed by atoms with Crippen molar-refractivity contribution >= 4 is 11.9 Å². The number of hydrogen-bond donors (Lipinski definition) is 1. The van der Waals surface area contributed by atoms with Crippen molar-refractivity contribution in [2.24, 2.45) is 11.8 Å². The van der Waals surface area contributed by atoms with Crippen LogP contribution in [0.15, 0.2) is 0 Å². The van der Waals surface area contributed by atoms with Crippen molar-refractivity contribution in [2.45, 2.75) is 38.5 Å². The van der Waals surface area contributed by atoms with Gasteiger partial charge in [0, 0.05) is 25.6 Å². The monoisotopic (exact) mass is 326 g/mol. The molecule has 2 atom stereocenters. The number of hydrogen-bond acceptors (Lipinski definition) is 5. The second-order valence-corrected chi connectivity index (χ2v) is 6.54. The van der Waals surface area contributed by atoms with Gasteiger partial charge in [0.05, 0.1) is 26.2 Å². The molecule has 2 fully saturated rings. The zero-order chi connectivity index (χ0) is 16.5.